The third kappa shape index (κ3) is 5.62. The maximum atomic E-state index is 11.7. The Balaban J connectivity index is 4.45. The fraction of sp³-hybridized carbons (Fsp3) is 0.727. The summed E-state index contributed by atoms with van der Waals surface area (Å²) < 4.78 is 0. The first-order valence-electron chi connectivity index (χ1n) is 5.80. The average Bonchev–Trinajstić information content (AvgIpc) is 2.31. The zero-order chi connectivity index (χ0) is 14.3. The van der Waals surface area contributed by atoms with Gasteiger partial charge in [0.1, 0.15) is 6.04 Å². The lowest BCUT2D eigenvalue weighted by molar-refractivity contribution is -0.143. The Morgan fingerprint density at radius 1 is 1.28 bits per heavy atom. The number of nitrogens with one attached hydrogen (secondary N) is 1. The zero-order valence-electron chi connectivity index (χ0n) is 10.5. The molecule has 104 valence electrons. The summed E-state index contributed by atoms with van der Waals surface area (Å²) in [6.45, 7) is 3.66. The Bertz CT molecular complexity index is 319. The molecule has 0 radical (unpaired) electrons. The summed E-state index contributed by atoms with van der Waals surface area (Å²) in [5.74, 6) is -3.01. The van der Waals surface area contributed by atoms with Crippen LogP contribution in [0.4, 0.5) is 0 Å². The smallest absolute Gasteiger partial charge is 0.326 e. The second kappa shape index (κ2) is 7.65. The van der Waals surface area contributed by atoms with Crippen molar-refractivity contribution in [1.82, 2.24) is 5.32 Å². The molecule has 0 aromatic rings. The molecular weight excluding hydrogens is 240 g/mol. The number of carbonyl (C=O) groups is 3. The Morgan fingerprint density at radius 2 is 1.83 bits per heavy atom. The van der Waals surface area contributed by atoms with Crippen LogP contribution in [0, 0.1) is 5.92 Å². The van der Waals surface area contributed by atoms with E-state index in [1.54, 1.807) is 6.92 Å². The highest BCUT2D eigenvalue weighted by atomic mass is 16.4. The molecule has 0 aliphatic heterocycles. The van der Waals surface area contributed by atoms with E-state index in [9.17, 15) is 14.4 Å². The highest BCUT2D eigenvalue weighted by molar-refractivity contribution is 5.87. The third-order valence-corrected chi connectivity index (χ3v) is 2.82. The van der Waals surface area contributed by atoms with Crippen LogP contribution in [0.15, 0.2) is 0 Å². The summed E-state index contributed by atoms with van der Waals surface area (Å²) >= 11 is 0. The van der Waals surface area contributed by atoms with Gasteiger partial charge in [-0.1, -0.05) is 20.3 Å². The van der Waals surface area contributed by atoms with Crippen molar-refractivity contribution in [3.05, 3.63) is 0 Å². The van der Waals surface area contributed by atoms with Gasteiger partial charge >= 0.3 is 11.9 Å². The molecule has 1 amide bonds. The summed E-state index contributed by atoms with van der Waals surface area (Å²) in [5, 5.41) is 19.6. The molecule has 0 saturated carbocycles. The predicted octanol–water partition coefficient (Wildman–Crippen LogP) is -0.206. The van der Waals surface area contributed by atoms with Gasteiger partial charge in [0.05, 0.1) is 6.04 Å². The second-order valence-electron chi connectivity index (χ2n) is 4.24. The Morgan fingerprint density at radius 3 is 2.22 bits per heavy atom. The van der Waals surface area contributed by atoms with Crippen LogP contribution in [0.5, 0.6) is 0 Å². The molecule has 0 bridgehead atoms. The zero-order valence-corrected chi connectivity index (χ0v) is 10.5. The van der Waals surface area contributed by atoms with Crippen molar-refractivity contribution in [2.75, 3.05) is 0 Å². The molecule has 3 atom stereocenters. The Hall–Kier alpha value is -1.63. The van der Waals surface area contributed by atoms with E-state index in [1.807, 2.05) is 6.92 Å². The van der Waals surface area contributed by atoms with Crippen LogP contribution in [-0.4, -0.2) is 40.1 Å². The number of rotatable bonds is 8. The van der Waals surface area contributed by atoms with Crippen LogP contribution in [0.3, 0.4) is 0 Å². The number of carbonyl (C=O) groups excluding carboxylic acids is 1. The summed E-state index contributed by atoms with van der Waals surface area (Å²) in [5.41, 5.74) is 5.65. The van der Waals surface area contributed by atoms with Crippen molar-refractivity contribution in [3.8, 4) is 0 Å². The quantitative estimate of drug-likeness (QED) is 0.478. The fourth-order valence-electron chi connectivity index (χ4n) is 1.31. The standard InChI is InChI=1S/C11H20N2O5/c1-3-6(2)9(12)10(16)13-7(11(17)18)4-5-8(14)15/h6-7,9H,3-5,12H2,1-2H3,(H,13,16)(H,14,15)(H,17,18)/t6?,7-,9-/m0/s1. The van der Waals surface area contributed by atoms with Crippen molar-refractivity contribution >= 4 is 17.8 Å². The second-order valence-corrected chi connectivity index (χ2v) is 4.24. The van der Waals surface area contributed by atoms with Gasteiger partial charge in [-0.25, -0.2) is 4.79 Å². The summed E-state index contributed by atoms with van der Waals surface area (Å²) in [7, 11) is 0. The van der Waals surface area contributed by atoms with Gasteiger partial charge in [-0.3, -0.25) is 9.59 Å². The van der Waals surface area contributed by atoms with Crippen LogP contribution in [-0.2, 0) is 14.4 Å². The summed E-state index contributed by atoms with van der Waals surface area (Å²) in [6.07, 6.45) is 0.209. The van der Waals surface area contributed by atoms with E-state index in [-0.39, 0.29) is 18.8 Å². The van der Waals surface area contributed by atoms with Crippen LogP contribution >= 0.6 is 0 Å². The third-order valence-electron chi connectivity index (χ3n) is 2.82. The van der Waals surface area contributed by atoms with Gasteiger partial charge < -0.3 is 21.3 Å². The monoisotopic (exact) mass is 260 g/mol. The van der Waals surface area contributed by atoms with Crippen LogP contribution in [0.2, 0.25) is 0 Å². The molecule has 0 aromatic carbocycles. The molecule has 7 nitrogen and oxygen atoms in total. The normalized spacial score (nSPS) is 15.5. The van der Waals surface area contributed by atoms with E-state index >= 15 is 0 Å². The number of carboxylic acids is 2. The molecule has 0 saturated heterocycles. The molecule has 0 aromatic heterocycles. The highest BCUT2D eigenvalue weighted by Gasteiger charge is 2.25. The summed E-state index contributed by atoms with van der Waals surface area (Å²) in [4.78, 5) is 32.9. The van der Waals surface area contributed by atoms with Crippen molar-refractivity contribution in [3.63, 3.8) is 0 Å². The number of hydrogen-bond donors (Lipinski definition) is 4. The molecule has 7 heteroatoms. The first-order chi connectivity index (χ1) is 8.29. The van der Waals surface area contributed by atoms with Crippen molar-refractivity contribution in [2.24, 2.45) is 11.7 Å². The van der Waals surface area contributed by atoms with Gasteiger partial charge in [-0.05, 0) is 12.3 Å². The lowest BCUT2D eigenvalue weighted by atomic mass is 9.99. The average molecular weight is 260 g/mol. The molecule has 0 aliphatic rings. The van der Waals surface area contributed by atoms with E-state index in [4.69, 9.17) is 15.9 Å². The fourth-order valence-corrected chi connectivity index (χ4v) is 1.31. The van der Waals surface area contributed by atoms with Crippen molar-refractivity contribution in [2.45, 2.75) is 45.2 Å². The minimum Gasteiger partial charge on any atom is -0.481 e. The van der Waals surface area contributed by atoms with Gasteiger partial charge in [0.2, 0.25) is 5.91 Å². The first-order valence-corrected chi connectivity index (χ1v) is 5.80. The SMILES string of the molecule is CCC(C)[C@H](N)C(=O)N[C@@H](CCC(=O)O)C(=O)O. The first kappa shape index (κ1) is 16.4. The lowest BCUT2D eigenvalue weighted by Crippen LogP contribution is -2.50. The molecule has 0 fully saturated rings. The maximum absolute atomic E-state index is 11.7. The largest absolute Gasteiger partial charge is 0.481 e. The van der Waals surface area contributed by atoms with E-state index < -0.39 is 29.9 Å². The van der Waals surface area contributed by atoms with Crippen LogP contribution < -0.4 is 11.1 Å². The van der Waals surface area contributed by atoms with Crippen LogP contribution in [0.25, 0.3) is 0 Å². The molecular formula is C11H20N2O5. The molecule has 18 heavy (non-hydrogen) atoms. The predicted molar refractivity (Wildman–Crippen MR) is 63.9 cm³/mol. The maximum Gasteiger partial charge on any atom is 0.326 e. The van der Waals surface area contributed by atoms with E-state index in [1.165, 1.54) is 0 Å². The van der Waals surface area contributed by atoms with Crippen molar-refractivity contribution in [1.29, 1.82) is 0 Å². The number of amides is 1. The van der Waals surface area contributed by atoms with Crippen LogP contribution in [0.1, 0.15) is 33.1 Å². The highest BCUT2D eigenvalue weighted by Crippen LogP contribution is 2.06. The van der Waals surface area contributed by atoms with E-state index in [0.717, 1.165) is 0 Å². The molecule has 0 heterocycles. The van der Waals surface area contributed by atoms with E-state index in [0.29, 0.717) is 6.42 Å². The molecule has 0 spiro atoms. The number of hydrogen-bond acceptors (Lipinski definition) is 4. The van der Waals surface area contributed by atoms with Gasteiger partial charge in [0.25, 0.3) is 0 Å². The van der Waals surface area contributed by atoms with Crippen molar-refractivity contribution < 1.29 is 24.6 Å². The van der Waals surface area contributed by atoms with Gasteiger partial charge in [-0.15, -0.1) is 0 Å². The minimum atomic E-state index is -1.26. The Labute approximate surface area is 105 Å². The molecule has 0 aliphatic carbocycles. The lowest BCUT2D eigenvalue weighted by Gasteiger charge is -2.20. The van der Waals surface area contributed by atoms with E-state index in [2.05, 4.69) is 5.32 Å². The molecule has 0 rings (SSSR count). The minimum absolute atomic E-state index is 0.0704. The number of carboxylic acid groups (broad SMARTS) is 2. The number of nitrogens with two attached hydrogens (primary N) is 1. The van der Waals surface area contributed by atoms with Gasteiger partial charge in [0, 0.05) is 6.42 Å². The van der Waals surface area contributed by atoms with Gasteiger partial charge in [0.15, 0.2) is 0 Å². The Kier molecular flexibility index (Phi) is 6.96. The summed E-state index contributed by atoms with van der Waals surface area (Å²) in [6, 6.07) is -2.01. The molecule has 5 N–H and O–H groups in total. The topological polar surface area (TPSA) is 130 Å². The van der Waals surface area contributed by atoms with Gasteiger partial charge in [-0.2, -0.15) is 0 Å². The number of aliphatic carboxylic acids is 2. The molecule has 1 unspecified atom stereocenters.